The fraction of sp³-hybridized carbons (Fsp3) is 0.421. The van der Waals surface area contributed by atoms with E-state index < -0.39 is 17.8 Å². The Morgan fingerprint density at radius 1 is 1.20 bits per heavy atom. The third-order valence-electron chi connectivity index (χ3n) is 4.81. The van der Waals surface area contributed by atoms with Crippen LogP contribution in [0, 0.1) is 25.7 Å². The molecule has 1 fully saturated rings. The third kappa shape index (κ3) is 3.90. The standard InChI is InChI=1S/C19H22N2O3S/c1-11-7-8-13(12(2)9-11)16-10-25-19(20-16)21-17(22)14-5-3-4-6-15(14)18(23)24/h7-10,14-15H,3-6H2,1-2H3,(H,23,24)(H,20,21,22)/t14-,15-/m1/s1. The summed E-state index contributed by atoms with van der Waals surface area (Å²) in [7, 11) is 0. The minimum absolute atomic E-state index is 0.228. The topological polar surface area (TPSA) is 79.3 Å². The van der Waals surface area contributed by atoms with Crippen molar-refractivity contribution in [1.82, 2.24) is 4.98 Å². The molecule has 0 aliphatic heterocycles. The maximum Gasteiger partial charge on any atom is 0.307 e. The van der Waals surface area contributed by atoms with Crippen molar-refractivity contribution in [2.24, 2.45) is 11.8 Å². The van der Waals surface area contributed by atoms with E-state index in [1.54, 1.807) is 0 Å². The monoisotopic (exact) mass is 358 g/mol. The van der Waals surface area contributed by atoms with E-state index in [0.29, 0.717) is 18.0 Å². The Morgan fingerprint density at radius 2 is 1.92 bits per heavy atom. The number of nitrogens with zero attached hydrogens (tertiary/aromatic N) is 1. The molecule has 1 aliphatic carbocycles. The van der Waals surface area contributed by atoms with Crippen LogP contribution in [0.3, 0.4) is 0 Å². The lowest BCUT2D eigenvalue weighted by Crippen LogP contribution is -2.36. The molecular weight excluding hydrogens is 336 g/mol. The molecule has 132 valence electrons. The number of aromatic nitrogens is 1. The van der Waals surface area contributed by atoms with Crippen molar-refractivity contribution in [3.8, 4) is 11.3 Å². The van der Waals surface area contributed by atoms with Crippen LogP contribution in [0.2, 0.25) is 0 Å². The highest BCUT2D eigenvalue weighted by atomic mass is 32.1. The minimum Gasteiger partial charge on any atom is -0.481 e. The molecular formula is C19H22N2O3S. The number of hydrogen-bond acceptors (Lipinski definition) is 4. The van der Waals surface area contributed by atoms with Gasteiger partial charge >= 0.3 is 5.97 Å². The molecule has 0 unspecified atom stereocenters. The average Bonchev–Trinajstić information content (AvgIpc) is 3.02. The first-order valence-electron chi connectivity index (χ1n) is 8.52. The van der Waals surface area contributed by atoms with Crippen molar-refractivity contribution in [2.75, 3.05) is 5.32 Å². The molecule has 1 heterocycles. The maximum absolute atomic E-state index is 12.5. The summed E-state index contributed by atoms with van der Waals surface area (Å²) in [6.45, 7) is 4.09. The Labute approximate surface area is 151 Å². The molecule has 2 N–H and O–H groups in total. The number of carboxylic acid groups (broad SMARTS) is 1. The van der Waals surface area contributed by atoms with Crippen molar-refractivity contribution in [3.05, 3.63) is 34.7 Å². The van der Waals surface area contributed by atoms with Crippen LogP contribution >= 0.6 is 11.3 Å². The second-order valence-electron chi connectivity index (χ2n) is 6.68. The number of rotatable bonds is 4. The molecule has 25 heavy (non-hydrogen) atoms. The number of thiazole rings is 1. The lowest BCUT2D eigenvalue weighted by Gasteiger charge is -2.26. The maximum atomic E-state index is 12.5. The quantitative estimate of drug-likeness (QED) is 0.856. The molecule has 0 saturated heterocycles. The van der Waals surface area contributed by atoms with Gasteiger partial charge in [-0.3, -0.25) is 9.59 Å². The molecule has 1 aromatic heterocycles. The van der Waals surface area contributed by atoms with Crippen LogP contribution in [0.4, 0.5) is 5.13 Å². The first kappa shape index (κ1) is 17.6. The van der Waals surface area contributed by atoms with Crippen molar-refractivity contribution in [3.63, 3.8) is 0 Å². The Morgan fingerprint density at radius 3 is 2.60 bits per heavy atom. The normalized spacial score (nSPS) is 20.2. The summed E-state index contributed by atoms with van der Waals surface area (Å²) < 4.78 is 0. The Kier molecular flexibility index (Phi) is 5.18. The first-order chi connectivity index (χ1) is 12.0. The number of benzene rings is 1. The predicted molar refractivity (Wildman–Crippen MR) is 98.7 cm³/mol. The molecule has 1 aliphatic rings. The van der Waals surface area contributed by atoms with Gasteiger partial charge in [-0.2, -0.15) is 0 Å². The van der Waals surface area contributed by atoms with Crippen LogP contribution in [-0.4, -0.2) is 22.0 Å². The highest BCUT2D eigenvalue weighted by Crippen LogP contribution is 2.33. The van der Waals surface area contributed by atoms with Gasteiger partial charge in [0.1, 0.15) is 0 Å². The van der Waals surface area contributed by atoms with Crippen LogP contribution in [-0.2, 0) is 9.59 Å². The Hall–Kier alpha value is -2.21. The van der Waals surface area contributed by atoms with E-state index in [1.165, 1.54) is 16.9 Å². The number of aliphatic carboxylic acids is 1. The number of carboxylic acids is 1. The van der Waals surface area contributed by atoms with Gasteiger partial charge < -0.3 is 10.4 Å². The van der Waals surface area contributed by atoms with Gasteiger partial charge in [0.15, 0.2) is 5.13 Å². The van der Waals surface area contributed by atoms with Gasteiger partial charge in [0, 0.05) is 10.9 Å². The van der Waals surface area contributed by atoms with Gasteiger partial charge in [0.05, 0.1) is 17.5 Å². The van der Waals surface area contributed by atoms with Gasteiger partial charge in [-0.05, 0) is 32.3 Å². The van der Waals surface area contributed by atoms with Crippen LogP contribution in [0.25, 0.3) is 11.3 Å². The molecule has 1 saturated carbocycles. The van der Waals surface area contributed by atoms with Crippen LogP contribution in [0.15, 0.2) is 23.6 Å². The third-order valence-corrected chi connectivity index (χ3v) is 5.57. The summed E-state index contributed by atoms with van der Waals surface area (Å²) in [6.07, 6.45) is 2.96. The Balaban J connectivity index is 1.74. The van der Waals surface area contributed by atoms with E-state index >= 15 is 0 Å². The zero-order chi connectivity index (χ0) is 18.0. The van der Waals surface area contributed by atoms with Crippen LogP contribution in [0.1, 0.15) is 36.8 Å². The second-order valence-corrected chi connectivity index (χ2v) is 7.54. The van der Waals surface area contributed by atoms with Crippen molar-refractivity contribution < 1.29 is 14.7 Å². The van der Waals surface area contributed by atoms with Crippen molar-refractivity contribution in [2.45, 2.75) is 39.5 Å². The minimum atomic E-state index is -0.880. The number of aryl methyl sites for hydroxylation is 2. The molecule has 0 radical (unpaired) electrons. The van der Waals surface area contributed by atoms with E-state index in [-0.39, 0.29) is 5.91 Å². The Bertz CT molecular complexity index is 800. The number of amides is 1. The fourth-order valence-corrected chi connectivity index (χ4v) is 4.21. The highest BCUT2D eigenvalue weighted by Gasteiger charge is 2.35. The number of anilines is 1. The number of hydrogen-bond donors (Lipinski definition) is 2. The molecule has 1 aromatic carbocycles. The summed E-state index contributed by atoms with van der Waals surface area (Å²) in [5, 5.41) is 14.6. The zero-order valence-electron chi connectivity index (χ0n) is 14.4. The van der Waals surface area contributed by atoms with Gasteiger partial charge in [0.2, 0.25) is 5.91 Å². The fourth-order valence-electron chi connectivity index (χ4n) is 3.49. The van der Waals surface area contributed by atoms with E-state index in [2.05, 4.69) is 16.4 Å². The summed E-state index contributed by atoms with van der Waals surface area (Å²) in [5.74, 6) is -2.17. The van der Waals surface area contributed by atoms with Gasteiger partial charge in [0.25, 0.3) is 0 Å². The van der Waals surface area contributed by atoms with Crippen LogP contribution < -0.4 is 5.32 Å². The summed E-state index contributed by atoms with van der Waals surface area (Å²) in [5.41, 5.74) is 4.21. The summed E-state index contributed by atoms with van der Waals surface area (Å²) in [6, 6.07) is 6.18. The van der Waals surface area contributed by atoms with Gasteiger partial charge in [-0.25, -0.2) is 4.98 Å². The van der Waals surface area contributed by atoms with Gasteiger partial charge in [-0.1, -0.05) is 36.6 Å². The first-order valence-corrected chi connectivity index (χ1v) is 9.40. The lowest BCUT2D eigenvalue weighted by atomic mass is 9.79. The molecule has 2 atom stereocenters. The van der Waals surface area contributed by atoms with Gasteiger partial charge in [-0.15, -0.1) is 11.3 Å². The number of carbonyl (C=O) groups excluding carboxylic acids is 1. The van der Waals surface area contributed by atoms with E-state index in [9.17, 15) is 14.7 Å². The smallest absolute Gasteiger partial charge is 0.307 e. The number of nitrogens with one attached hydrogen (secondary N) is 1. The SMILES string of the molecule is Cc1ccc(-c2csc(NC(=O)[C@@H]3CCCC[C@H]3C(=O)O)n2)c(C)c1. The molecule has 3 rings (SSSR count). The summed E-state index contributed by atoms with van der Waals surface area (Å²) in [4.78, 5) is 28.4. The second kappa shape index (κ2) is 7.35. The molecule has 0 spiro atoms. The molecule has 2 aromatic rings. The number of carbonyl (C=O) groups is 2. The van der Waals surface area contributed by atoms with Crippen molar-refractivity contribution >= 4 is 28.3 Å². The zero-order valence-corrected chi connectivity index (χ0v) is 15.2. The van der Waals surface area contributed by atoms with Crippen molar-refractivity contribution in [1.29, 1.82) is 0 Å². The van der Waals surface area contributed by atoms with Crippen LogP contribution in [0.5, 0.6) is 0 Å². The molecule has 1 amide bonds. The predicted octanol–water partition coefficient (Wildman–Crippen LogP) is 4.26. The summed E-state index contributed by atoms with van der Waals surface area (Å²) >= 11 is 1.37. The van der Waals surface area contributed by atoms with E-state index in [0.717, 1.165) is 29.7 Å². The molecule has 5 nitrogen and oxygen atoms in total. The average molecular weight is 358 g/mol. The highest BCUT2D eigenvalue weighted by molar-refractivity contribution is 7.14. The largest absolute Gasteiger partial charge is 0.481 e. The molecule has 6 heteroatoms. The lowest BCUT2D eigenvalue weighted by molar-refractivity contribution is -0.147. The molecule has 0 bridgehead atoms. The van der Waals surface area contributed by atoms with E-state index in [4.69, 9.17) is 0 Å². The van der Waals surface area contributed by atoms with E-state index in [1.807, 2.05) is 31.4 Å².